The van der Waals surface area contributed by atoms with Gasteiger partial charge in [-0.15, -0.1) is 0 Å². The van der Waals surface area contributed by atoms with Gasteiger partial charge in [0, 0.05) is 29.8 Å². The van der Waals surface area contributed by atoms with E-state index in [9.17, 15) is 13.2 Å². The van der Waals surface area contributed by atoms with Crippen LogP contribution < -0.4 is 14.8 Å². The first-order valence-corrected chi connectivity index (χ1v) is 11.3. The molecule has 3 aromatic rings. The molecule has 0 bridgehead atoms. The normalized spacial score (nSPS) is 11.2. The number of sulfonamides is 1. The van der Waals surface area contributed by atoms with E-state index in [1.54, 1.807) is 43.3 Å². The van der Waals surface area contributed by atoms with Gasteiger partial charge in [-0.25, -0.2) is 8.42 Å². The van der Waals surface area contributed by atoms with Gasteiger partial charge in [0.15, 0.2) is 0 Å². The zero-order valence-corrected chi connectivity index (χ0v) is 18.1. The Kier molecular flexibility index (Phi) is 6.69. The molecule has 30 heavy (non-hydrogen) atoms. The molecule has 2 aromatic carbocycles. The van der Waals surface area contributed by atoms with E-state index in [-0.39, 0.29) is 11.3 Å². The molecule has 0 aliphatic carbocycles. The number of carbonyl (C=O) groups is 1. The quantitative estimate of drug-likeness (QED) is 0.530. The first kappa shape index (κ1) is 21.7. The molecule has 2 N–H and O–H groups in total. The Morgan fingerprint density at radius 1 is 1.10 bits per heavy atom. The number of ether oxygens (including phenoxy) is 1. The van der Waals surface area contributed by atoms with E-state index in [1.807, 2.05) is 29.1 Å². The van der Waals surface area contributed by atoms with Crippen molar-refractivity contribution >= 4 is 38.9 Å². The maximum Gasteiger partial charge on any atom is 0.259 e. The highest BCUT2D eigenvalue weighted by molar-refractivity contribution is 7.92. The molecule has 7 nitrogen and oxygen atoms in total. The fourth-order valence-electron chi connectivity index (χ4n) is 2.90. The summed E-state index contributed by atoms with van der Waals surface area (Å²) in [5.74, 6) is 0.0297. The molecule has 0 atom stereocenters. The van der Waals surface area contributed by atoms with Crippen LogP contribution in [-0.4, -0.2) is 31.8 Å². The lowest BCUT2D eigenvalue weighted by Crippen LogP contribution is -2.16. The van der Waals surface area contributed by atoms with Gasteiger partial charge in [0.2, 0.25) is 10.0 Å². The number of methoxy groups -OCH3 is 1. The summed E-state index contributed by atoms with van der Waals surface area (Å²) >= 11 is 6.38. The lowest BCUT2D eigenvalue weighted by Gasteiger charge is -2.14. The van der Waals surface area contributed by atoms with Crippen LogP contribution in [0.4, 0.5) is 11.4 Å². The molecule has 1 amide bonds. The van der Waals surface area contributed by atoms with Crippen molar-refractivity contribution in [2.24, 2.45) is 0 Å². The molecular weight excluding hydrogens is 426 g/mol. The second-order valence-electron chi connectivity index (χ2n) is 6.55. The van der Waals surface area contributed by atoms with Gasteiger partial charge in [-0.1, -0.05) is 18.5 Å². The average Bonchev–Trinajstić information content (AvgIpc) is 3.23. The predicted octanol–water partition coefficient (Wildman–Crippen LogP) is 4.54. The Morgan fingerprint density at radius 2 is 1.73 bits per heavy atom. The molecule has 0 unspecified atom stereocenters. The number of hydrogen-bond acceptors (Lipinski definition) is 4. The molecule has 0 saturated heterocycles. The topological polar surface area (TPSA) is 89.4 Å². The molecule has 9 heteroatoms. The van der Waals surface area contributed by atoms with E-state index >= 15 is 0 Å². The minimum absolute atomic E-state index is 0.0467. The van der Waals surface area contributed by atoms with Crippen molar-refractivity contribution in [3.8, 4) is 11.4 Å². The number of benzene rings is 2. The fourth-order valence-corrected chi connectivity index (χ4v) is 4.30. The van der Waals surface area contributed by atoms with E-state index in [1.165, 1.54) is 7.11 Å². The van der Waals surface area contributed by atoms with Crippen LogP contribution in [-0.2, 0) is 10.0 Å². The third-order valence-electron chi connectivity index (χ3n) is 4.29. The van der Waals surface area contributed by atoms with E-state index in [4.69, 9.17) is 16.3 Å². The summed E-state index contributed by atoms with van der Waals surface area (Å²) in [7, 11) is -1.89. The smallest absolute Gasteiger partial charge is 0.259 e. The molecule has 0 fully saturated rings. The second-order valence-corrected chi connectivity index (χ2v) is 8.80. The summed E-state index contributed by atoms with van der Waals surface area (Å²) in [5, 5.41) is 3.17. The Bertz CT molecular complexity index is 1130. The molecule has 0 aliphatic rings. The van der Waals surface area contributed by atoms with Crippen molar-refractivity contribution in [1.82, 2.24) is 4.57 Å². The summed E-state index contributed by atoms with van der Waals surface area (Å²) in [5.41, 5.74) is 1.91. The predicted molar refractivity (Wildman–Crippen MR) is 119 cm³/mol. The molecule has 0 aliphatic heterocycles. The minimum Gasteiger partial charge on any atom is -0.496 e. The van der Waals surface area contributed by atoms with Crippen LogP contribution in [0.5, 0.6) is 5.75 Å². The monoisotopic (exact) mass is 447 g/mol. The maximum absolute atomic E-state index is 12.8. The number of halogens is 1. The number of nitrogens with zero attached hydrogens (tertiary/aromatic N) is 1. The van der Waals surface area contributed by atoms with Crippen molar-refractivity contribution in [3.05, 3.63) is 71.5 Å². The van der Waals surface area contributed by atoms with Gasteiger partial charge in [0.05, 0.1) is 29.1 Å². The van der Waals surface area contributed by atoms with Crippen LogP contribution in [0.15, 0.2) is 60.9 Å². The van der Waals surface area contributed by atoms with Gasteiger partial charge in [0.25, 0.3) is 5.91 Å². The molecule has 0 radical (unpaired) electrons. The zero-order valence-electron chi connectivity index (χ0n) is 16.6. The Balaban J connectivity index is 1.78. The lowest BCUT2D eigenvalue weighted by atomic mass is 10.1. The van der Waals surface area contributed by atoms with Crippen LogP contribution in [0.3, 0.4) is 0 Å². The molecule has 1 heterocycles. The molecule has 1 aromatic heterocycles. The second kappa shape index (κ2) is 9.23. The Morgan fingerprint density at radius 3 is 2.33 bits per heavy atom. The summed E-state index contributed by atoms with van der Waals surface area (Å²) in [4.78, 5) is 12.8. The van der Waals surface area contributed by atoms with Crippen molar-refractivity contribution in [2.75, 3.05) is 22.9 Å². The summed E-state index contributed by atoms with van der Waals surface area (Å²) < 4.78 is 33.4. The highest BCUT2D eigenvalue weighted by Gasteiger charge is 2.17. The SMILES string of the molecule is CCCS(=O)(=O)Nc1ccc(NC(=O)c2cc(Cl)c(-n3cccc3)cc2OC)cc1. The third-order valence-corrected chi connectivity index (χ3v) is 6.08. The van der Waals surface area contributed by atoms with Crippen molar-refractivity contribution in [2.45, 2.75) is 13.3 Å². The molecular formula is C21H22ClN3O4S. The summed E-state index contributed by atoms with van der Waals surface area (Å²) in [6.45, 7) is 1.80. The average molecular weight is 448 g/mol. The minimum atomic E-state index is -3.37. The highest BCUT2D eigenvalue weighted by atomic mass is 35.5. The number of hydrogen-bond donors (Lipinski definition) is 2. The van der Waals surface area contributed by atoms with E-state index in [2.05, 4.69) is 10.0 Å². The number of amides is 1. The van der Waals surface area contributed by atoms with Crippen LogP contribution >= 0.6 is 11.6 Å². The molecule has 0 saturated carbocycles. The van der Waals surface area contributed by atoms with Gasteiger partial charge in [0.1, 0.15) is 5.75 Å². The van der Waals surface area contributed by atoms with Crippen LogP contribution in [0, 0.1) is 0 Å². The van der Waals surface area contributed by atoms with Crippen molar-refractivity contribution in [3.63, 3.8) is 0 Å². The summed E-state index contributed by atoms with van der Waals surface area (Å²) in [6.07, 6.45) is 4.21. The van der Waals surface area contributed by atoms with Crippen LogP contribution in [0.2, 0.25) is 5.02 Å². The fraction of sp³-hybridized carbons (Fsp3) is 0.190. The van der Waals surface area contributed by atoms with Gasteiger partial charge >= 0.3 is 0 Å². The number of anilines is 2. The molecule has 0 spiro atoms. The first-order valence-electron chi connectivity index (χ1n) is 9.25. The molecule has 158 valence electrons. The zero-order chi connectivity index (χ0) is 21.7. The Labute approximate surface area is 180 Å². The van der Waals surface area contributed by atoms with Crippen LogP contribution in [0.25, 0.3) is 5.69 Å². The van der Waals surface area contributed by atoms with E-state index in [0.29, 0.717) is 34.3 Å². The van der Waals surface area contributed by atoms with Crippen molar-refractivity contribution < 1.29 is 17.9 Å². The van der Waals surface area contributed by atoms with E-state index in [0.717, 1.165) is 0 Å². The Hall–Kier alpha value is -2.97. The number of rotatable bonds is 8. The largest absolute Gasteiger partial charge is 0.496 e. The number of nitrogens with one attached hydrogen (secondary N) is 2. The van der Waals surface area contributed by atoms with Crippen molar-refractivity contribution in [1.29, 1.82) is 0 Å². The number of carbonyl (C=O) groups excluding carboxylic acids is 1. The lowest BCUT2D eigenvalue weighted by molar-refractivity contribution is 0.102. The first-order chi connectivity index (χ1) is 14.3. The maximum atomic E-state index is 12.8. The summed E-state index contributed by atoms with van der Waals surface area (Å²) in [6, 6.07) is 13.4. The van der Waals surface area contributed by atoms with Crippen LogP contribution in [0.1, 0.15) is 23.7 Å². The molecule has 3 rings (SSSR count). The van der Waals surface area contributed by atoms with E-state index < -0.39 is 15.9 Å². The number of aromatic nitrogens is 1. The van der Waals surface area contributed by atoms with Gasteiger partial charge in [-0.2, -0.15) is 0 Å². The standard InChI is InChI=1S/C21H22ClN3O4S/c1-3-12-30(27,28)24-16-8-6-15(7-9-16)23-21(26)17-13-18(22)19(14-20(17)29-2)25-10-4-5-11-25/h4-11,13-14,24H,3,12H2,1-2H3,(H,23,26). The van der Waals surface area contributed by atoms with Gasteiger partial charge in [-0.05, 0) is 48.9 Å². The van der Waals surface area contributed by atoms with Gasteiger partial charge in [-0.3, -0.25) is 9.52 Å². The third kappa shape index (κ3) is 5.14. The van der Waals surface area contributed by atoms with Gasteiger partial charge < -0.3 is 14.6 Å². The highest BCUT2D eigenvalue weighted by Crippen LogP contribution is 2.30.